The van der Waals surface area contributed by atoms with Gasteiger partial charge in [-0.2, -0.15) is 0 Å². The molecule has 0 heterocycles. The summed E-state index contributed by atoms with van der Waals surface area (Å²) >= 11 is 0. The van der Waals surface area contributed by atoms with Gasteiger partial charge in [0.05, 0.1) is 0 Å². The number of nitrogens with one attached hydrogen (secondary N) is 1. The van der Waals surface area contributed by atoms with Gasteiger partial charge in [0.1, 0.15) is 6.54 Å². The second kappa shape index (κ2) is 18.2. The van der Waals surface area contributed by atoms with Gasteiger partial charge in [-0.25, -0.2) is 0 Å². The van der Waals surface area contributed by atoms with Gasteiger partial charge in [-0.15, -0.1) is 0 Å². The molecule has 5 heteroatoms. The third kappa shape index (κ3) is 18.9. The smallest absolute Gasteiger partial charge is 0.322 e. The number of rotatable bonds is 18. The van der Waals surface area contributed by atoms with E-state index in [9.17, 15) is 9.59 Å². The maximum absolute atomic E-state index is 11.3. The lowest BCUT2D eigenvalue weighted by Crippen LogP contribution is -2.28. The maximum Gasteiger partial charge on any atom is 0.322 e. The van der Waals surface area contributed by atoms with Crippen molar-refractivity contribution in [3.63, 3.8) is 0 Å². The Balaban J connectivity index is 3.10. The molecule has 0 aliphatic heterocycles. The van der Waals surface area contributed by atoms with E-state index in [-0.39, 0.29) is 12.5 Å². The number of carbonyl (C=O) groups excluding carboxylic acids is 1. The van der Waals surface area contributed by atoms with E-state index in [1.54, 1.807) is 0 Å². The number of hydrogen-bond donors (Lipinski definition) is 3. The second-order valence-electron chi connectivity index (χ2n) is 6.59. The molecule has 0 aliphatic carbocycles. The lowest BCUT2D eigenvalue weighted by molar-refractivity contribution is -0.137. The topological polar surface area (TPSA) is 86.6 Å². The van der Waals surface area contributed by atoms with Gasteiger partial charge in [0.25, 0.3) is 0 Å². The minimum absolute atomic E-state index is 0.159. The summed E-state index contributed by atoms with van der Waals surface area (Å²) in [5.41, 5.74) is 0. The highest BCUT2D eigenvalue weighted by Gasteiger charge is 2.03. The van der Waals surface area contributed by atoms with E-state index < -0.39 is 5.97 Å². The molecule has 1 amide bonds. The summed E-state index contributed by atoms with van der Waals surface area (Å²) in [6.45, 7) is 0.0550. The van der Waals surface area contributed by atoms with Crippen molar-refractivity contribution in [3.8, 4) is 0 Å². The maximum atomic E-state index is 11.3. The molecule has 0 unspecified atom stereocenters. The van der Waals surface area contributed by atoms with Crippen LogP contribution in [0.3, 0.4) is 0 Å². The first-order valence-corrected chi connectivity index (χ1v) is 9.76. The van der Waals surface area contributed by atoms with Gasteiger partial charge in [0.15, 0.2) is 0 Å². The summed E-state index contributed by atoms with van der Waals surface area (Å²) in [5.74, 6) is -1.15. The Morgan fingerprint density at radius 3 is 1.38 bits per heavy atom. The highest BCUT2D eigenvalue weighted by atomic mass is 16.4. The van der Waals surface area contributed by atoms with Crippen LogP contribution in [0.25, 0.3) is 0 Å². The van der Waals surface area contributed by atoms with Crippen LogP contribution < -0.4 is 5.32 Å². The normalized spacial score (nSPS) is 10.7. The first kappa shape index (κ1) is 22.9. The fraction of sp³-hybridized carbons (Fsp3) is 0.895. The van der Waals surface area contributed by atoms with Gasteiger partial charge in [-0.1, -0.05) is 77.0 Å². The Morgan fingerprint density at radius 2 is 1.00 bits per heavy atom. The number of amides is 1. The molecule has 24 heavy (non-hydrogen) atoms. The molecule has 0 aromatic carbocycles. The number of unbranched alkanes of at least 4 members (excludes halogenated alkanes) is 13. The average Bonchev–Trinajstić information content (AvgIpc) is 2.56. The van der Waals surface area contributed by atoms with Crippen molar-refractivity contribution < 1.29 is 19.8 Å². The lowest BCUT2D eigenvalue weighted by atomic mass is 10.0. The summed E-state index contributed by atoms with van der Waals surface area (Å²) in [7, 11) is 0. The first-order valence-electron chi connectivity index (χ1n) is 9.76. The molecule has 0 spiro atoms. The monoisotopic (exact) mass is 343 g/mol. The van der Waals surface area contributed by atoms with Crippen LogP contribution in [0.5, 0.6) is 0 Å². The summed E-state index contributed by atoms with van der Waals surface area (Å²) in [4.78, 5) is 21.6. The number of carboxylic acid groups (broad SMARTS) is 1. The van der Waals surface area contributed by atoms with Crippen molar-refractivity contribution >= 4 is 11.9 Å². The molecule has 142 valence electrons. The summed E-state index contributed by atoms with van der Waals surface area (Å²) in [6.07, 6.45) is 17.3. The molecular weight excluding hydrogens is 306 g/mol. The van der Waals surface area contributed by atoms with E-state index in [1.165, 1.54) is 57.8 Å². The predicted octanol–water partition coefficient (Wildman–Crippen LogP) is 4.03. The Morgan fingerprint density at radius 1 is 0.625 bits per heavy atom. The largest absolute Gasteiger partial charge is 0.480 e. The first-order chi connectivity index (χ1) is 11.7. The molecule has 0 aromatic rings. The predicted molar refractivity (Wildman–Crippen MR) is 97.0 cm³/mol. The van der Waals surface area contributed by atoms with Crippen LogP contribution in [-0.2, 0) is 9.59 Å². The molecule has 0 bridgehead atoms. The van der Waals surface area contributed by atoms with Crippen molar-refractivity contribution in [1.29, 1.82) is 0 Å². The van der Waals surface area contributed by atoms with Gasteiger partial charge in [-0.05, 0) is 12.8 Å². The third-order valence-corrected chi connectivity index (χ3v) is 4.25. The summed E-state index contributed by atoms with van der Waals surface area (Å²) < 4.78 is 0. The highest BCUT2D eigenvalue weighted by Crippen LogP contribution is 2.13. The van der Waals surface area contributed by atoms with Gasteiger partial charge in [0, 0.05) is 13.0 Å². The molecule has 0 aromatic heterocycles. The zero-order chi connectivity index (χ0) is 17.9. The van der Waals surface area contributed by atoms with Crippen molar-refractivity contribution in [2.45, 2.75) is 96.3 Å². The molecule has 3 N–H and O–H groups in total. The van der Waals surface area contributed by atoms with Gasteiger partial charge in [0.2, 0.25) is 5.91 Å². The number of carboxylic acids is 1. The van der Waals surface area contributed by atoms with E-state index in [0.717, 1.165) is 32.1 Å². The Hall–Kier alpha value is -1.10. The molecule has 0 saturated heterocycles. The van der Waals surface area contributed by atoms with Gasteiger partial charge >= 0.3 is 5.97 Å². The van der Waals surface area contributed by atoms with Crippen LogP contribution in [0.15, 0.2) is 0 Å². The highest BCUT2D eigenvalue weighted by molar-refractivity contribution is 5.80. The van der Waals surface area contributed by atoms with Gasteiger partial charge < -0.3 is 15.5 Å². The summed E-state index contributed by atoms with van der Waals surface area (Å²) in [5, 5.41) is 19.5. The third-order valence-electron chi connectivity index (χ3n) is 4.25. The Labute approximate surface area is 147 Å². The Kier molecular flexibility index (Phi) is 17.4. The van der Waals surface area contributed by atoms with Crippen LogP contribution in [0, 0.1) is 0 Å². The average molecular weight is 344 g/mol. The van der Waals surface area contributed by atoms with E-state index >= 15 is 0 Å². The zero-order valence-electron chi connectivity index (χ0n) is 15.2. The number of carbonyl (C=O) groups is 2. The van der Waals surface area contributed by atoms with Crippen LogP contribution in [0.4, 0.5) is 0 Å². The summed E-state index contributed by atoms with van der Waals surface area (Å²) in [6, 6.07) is 0. The van der Waals surface area contributed by atoms with Crippen LogP contribution in [0.1, 0.15) is 96.3 Å². The molecule has 0 aliphatic rings. The van der Waals surface area contributed by atoms with Crippen LogP contribution in [-0.4, -0.2) is 35.2 Å². The Bertz CT molecular complexity index is 308. The van der Waals surface area contributed by atoms with E-state index in [0.29, 0.717) is 13.0 Å². The van der Waals surface area contributed by atoms with E-state index in [1.807, 2.05) is 0 Å². The van der Waals surface area contributed by atoms with Crippen molar-refractivity contribution in [1.82, 2.24) is 5.32 Å². The number of aliphatic hydroxyl groups is 1. The van der Waals surface area contributed by atoms with Crippen molar-refractivity contribution in [2.75, 3.05) is 13.2 Å². The van der Waals surface area contributed by atoms with E-state index in [2.05, 4.69) is 5.32 Å². The van der Waals surface area contributed by atoms with Crippen LogP contribution >= 0.6 is 0 Å². The number of hydrogen-bond acceptors (Lipinski definition) is 3. The molecule has 0 fully saturated rings. The fourth-order valence-corrected chi connectivity index (χ4v) is 2.78. The number of aliphatic hydroxyl groups excluding tert-OH is 1. The van der Waals surface area contributed by atoms with Gasteiger partial charge in [-0.3, -0.25) is 9.59 Å². The van der Waals surface area contributed by atoms with E-state index in [4.69, 9.17) is 10.2 Å². The molecule has 0 rings (SSSR count). The quantitative estimate of drug-likeness (QED) is 0.328. The minimum Gasteiger partial charge on any atom is -0.480 e. The number of aliphatic carboxylic acids is 1. The molecular formula is C19H37NO4. The SMILES string of the molecule is O=C(O)CNC(=O)CCCCCCCCCCCCCCCCO. The second-order valence-corrected chi connectivity index (χ2v) is 6.59. The standard InChI is InChI=1S/C19H37NO4/c21-16-14-12-10-8-6-4-2-1-3-5-7-9-11-13-15-18(22)20-17-19(23)24/h21H,1-17H2,(H,20,22)(H,23,24). The molecule has 0 radical (unpaired) electrons. The minimum atomic E-state index is -0.995. The van der Waals surface area contributed by atoms with Crippen molar-refractivity contribution in [2.24, 2.45) is 0 Å². The fourth-order valence-electron chi connectivity index (χ4n) is 2.78. The molecule has 5 nitrogen and oxygen atoms in total. The molecule has 0 atom stereocenters. The zero-order valence-corrected chi connectivity index (χ0v) is 15.2. The van der Waals surface area contributed by atoms with Crippen molar-refractivity contribution in [3.05, 3.63) is 0 Å². The molecule has 0 saturated carbocycles. The van der Waals surface area contributed by atoms with Crippen LogP contribution in [0.2, 0.25) is 0 Å². The lowest BCUT2D eigenvalue weighted by Gasteiger charge is -2.04.